The second kappa shape index (κ2) is 7.24. The monoisotopic (exact) mass is 417 g/mol. The number of nitrogens with one attached hydrogen (secondary N) is 1. The van der Waals surface area contributed by atoms with Crippen LogP contribution in [0.4, 0.5) is 0 Å². The Morgan fingerprint density at radius 3 is 2.72 bits per heavy atom. The van der Waals surface area contributed by atoms with E-state index in [1.165, 1.54) is 20.8 Å². The molecule has 0 saturated carbocycles. The number of likely N-dealkylation sites (tertiary alicyclic amines) is 1. The van der Waals surface area contributed by atoms with E-state index in [1.807, 2.05) is 25.1 Å². The number of aryl methyl sites for hydroxylation is 1. The third kappa shape index (κ3) is 3.28. The summed E-state index contributed by atoms with van der Waals surface area (Å²) in [7, 11) is 1.67. The minimum atomic E-state index is -0.423. The molecule has 9 heteroatoms. The SMILES string of the molecule is COc1cccc([C@H](c2sc3nc(C)nn3c2O)[NH+]2CCC3(CC2)OCCO3)c1. The number of rotatable bonds is 4. The highest BCUT2D eigenvalue weighted by Crippen LogP contribution is 2.37. The minimum absolute atomic E-state index is 0.0438. The molecule has 154 valence electrons. The van der Waals surface area contributed by atoms with Gasteiger partial charge in [0.25, 0.3) is 0 Å². The van der Waals surface area contributed by atoms with E-state index in [0.717, 1.165) is 42.1 Å². The van der Waals surface area contributed by atoms with Crippen molar-refractivity contribution in [3.63, 3.8) is 0 Å². The molecule has 1 aromatic carbocycles. The zero-order chi connectivity index (χ0) is 20.0. The molecule has 0 radical (unpaired) electrons. The number of aromatic nitrogens is 3. The standard InChI is InChI=1S/C20H24N4O4S/c1-13-21-19-24(22-13)18(25)17(29-19)16(14-4-3-5-15(12-14)26-2)23-8-6-20(7-9-23)27-10-11-28-20/h3-5,12,16,25H,6-11H2,1-2H3/p+1/t16-/m1/s1. The van der Waals surface area contributed by atoms with Gasteiger partial charge in [0.15, 0.2) is 11.8 Å². The van der Waals surface area contributed by atoms with E-state index in [2.05, 4.69) is 16.1 Å². The van der Waals surface area contributed by atoms with Gasteiger partial charge in [-0.25, -0.2) is 4.98 Å². The number of piperidine rings is 1. The van der Waals surface area contributed by atoms with Gasteiger partial charge in [-0.05, 0) is 19.1 Å². The van der Waals surface area contributed by atoms with Gasteiger partial charge in [-0.15, -0.1) is 5.10 Å². The van der Waals surface area contributed by atoms with E-state index >= 15 is 0 Å². The molecule has 1 atom stereocenters. The summed E-state index contributed by atoms with van der Waals surface area (Å²) >= 11 is 1.49. The predicted octanol–water partition coefficient (Wildman–Crippen LogP) is 1.32. The molecule has 29 heavy (non-hydrogen) atoms. The van der Waals surface area contributed by atoms with Crippen LogP contribution in [0.25, 0.3) is 4.96 Å². The topological polar surface area (TPSA) is 82.6 Å². The number of hydrogen-bond acceptors (Lipinski definition) is 7. The molecule has 0 bridgehead atoms. The first kappa shape index (κ1) is 18.8. The van der Waals surface area contributed by atoms with Crippen LogP contribution in [-0.2, 0) is 9.47 Å². The Morgan fingerprint density at radius 2 is 2.03 bits per heavy atom. The van der Waals surface area contributed by atoms with Crippen LogP contribution in [0.5, 0.6) is 11.6 Å². The van der Waals surface area contributed by atoms with Crippen molar-refractivity contribution >= 4 is 16.3 Å². The smallest absolute Gasteiger partial charge is 0.235 e. The van der Waals surface area contributed by atoms with Crippen molar-refractivity contribution in [1.82, 2.24) is 14.6 Å². The highest BCUT2D eigenvalue weighted by Gasteiger charge is 2.45. The van der Waals surface area contributed by atoms with Gasteiger partial charge in [0, 0.05) is 5.56 Å². The molecule has 2 aliphatic heterocycles. The molecule has 0 aliphatic carbocycles. The van der Waals surface area contributed by atoms with Crippen LogP contribution in [0, 0.1) is 6.92 Å². The third-order valence-corrected chi connectivity index (χ3v) is 6.96. The Morgan fingerprint density at radius 1 is 1.28 bits per heavy atom. The molecule has 2 N–H and O–H groups in total. The Labute approximate surface area is 172 Å². The average molecular weight is 418 g/mol. The molecular weight excluding hydrogens is 392 g/mol. The van der Waals surface area contributed by atoms with E-state index in [4.69, 9.17) is 14.2 Å². The first-order chi connectivity index (χ1) is 14.1. The second-order valence-corrected chi connectivity index (χ2v) is 8.63. The summed E-state index contributed by atoms with van der Waals surface area (Å²) in [5.41, 5.74) is 1.10. The van der Waals surface area contributed by atoms with Crippen molar-refractivity contribution in [2.24, 2.45) is 0 Å². The Hall–Kier alpha value is -2.20. The lowest BCUT2D eigenvalue weighted by atomic mass is 9.97. The lowest BCUT2D eigenvalue weighted by molar-refractivity contribution is -0.933. The van der Waals surface area contributed by atoms with Crippen molar-refractivity contribution in [2.45, 2.75) is 31.6 Å². The van der Waals surface area contributed by atoms with Gasteiger partial charge < -0.3 is 24.2 Å². The first-order valence-electron chi connectivity index (χ1n) is 9.90. The number of fused-ring (bicyclic) bond motifs is 1. The molecule has 0 unspecified atom stereocenters. The maximum absolute atomic E-state index is 11.0. The van der Waals surface area contributed by atoms with Crippen molar-refractivity contribution in [1.29, 1.82) is 0 Å². The predicted molar refractivity (Wildman–Crippen MR) is 107 cm³/mol. The van der Waals surface area contributed by atoms with Crippen LogP contribution < -0.4 is 9.64 Å². The van der Waals surface area contributed by atoms with Crippen LogP contribution in [0.1, 0.15) is 35.1 Å². The summed E-state index contributed by atoms with van der Waals surface area (Å²) in [5, 5.41) is 15.3. The molecular formula is C20H25N4O4S+. The fourth-order valence-electron chi connectivity index (χ4n) is 4.46. The average Bonchev–Trinajstić information content (AvgIpc) is 3.41. The quantitative estimate of drug-likeness (QED) is 0.667. The zero-order valence-electron chi connectivity index (χ0n) is 16.6. The molecule has 2 aromatic heterocycles. The van der Waals surface area contributed by atoms with E-state index < -0.39 is 5.79 Å². The summed E-state index contributed by atoms with van der Waals surface area (Å²) in [6.45, 7) is 4.93. The van der Waals surface area contributed by atoms with Crippen LogP contribution in [-0.4, -0.2) is 58.9 Å². The highest BCUT2D eigenvalue weighted by molar-refractivity contribution is 7.17. The van der Waals surface area contributed by atoms with Gasteiger partial charge in [0.05, 0.1) is 46.3 Å². The largest absolute Gasteiger partial charge is 0.497 e. The van der Waals surface area contributed by atoms with E-state index in [-0.39, 0.29) is 11.9 Å². The number of thiazole rings is 1. The van der Waals surface area contributed by atoms with Crippen molar-refractivity contribution in [2.75, 3.05) is 33.4 Å². The van der Waals surface area contributed by atoms with Gasteiger partial charge in [-0.1, -0.05) is 23.5 Å². The van der Waals surface area contributed by atoms with Crippen molar-refractivity contribution in [3.8, 4) is 11.6 Å². The summed E-state index contributed by atoms with van der Waals surface area (Å²) in [4.78, 5) is 7.38. The number of aromatic hydroxyl groups is 1. The molecule has 1 spiro atoms. The van der Waals surface area contributed by atoms with E-state index in [9.17, 15) is 5.11 Å². The Bertz CT molecular complexity index is 1020. The number of quaternary nitrogens is 1. The maximum Gasteiger partial charge on any atom is 0.235 e. The van der Waals surface area contributed by atoms with Crippen LogP contribution in [0.15, 0.2) is 24.3 Å². The molecule has 2 saturated heterocycles. The summed E-state index contributed by atoms with van der Waals surface area (Å²) in [6, 6.07) is 8.03. The van der Waals surface area contributed by atoms with Gasteiger partial charge in [0.1, 0.15) is 16.5 Å². The lowest BCUT2D eigenvalue weighted by Crippen LogP contribution is -3.14. The summed E-state index contributed by atoms with van der Waals surface area (Å²) in [6.07, 6.45) is 1.67. The Kier molecular flexibility index (Phi) is 4.70. The summed E-state index contributed by atoms with van der Waals surface area (Å²) < 4.78 is 18.8. The van der Waals surface area contributed by atoms with Crippen LogP contribution >= 0.6 is 11.3 Å². The molecule has 8 nitrogen and oxygen atoms in total. The van der Waals surface area contributed by atoms with Crippen molar-refractivity contribution < 1.29 is 24.2 Å². The number of methoxy groups -OCH3 is 1. The van der Waals surface area contributed by atoms with E-state index in [1.54, 1.807) is 7.11 Å². The third-order valence-electron chi connectivity index (χ3n) is 5.87. The van der Waals surface area contributed by atoms with Gasteiger partial charge >= 0.3 is 0 Å². The molecule has 2 aliphatic rings. The lowest BCUT2D eigenvalue weighted by Gasteiger charge is -2.38. The minimum Gasteiger partial charge on any atom is -0.497 e. The first-order valence-corrected chi connectivity index (χ1v) is 10.7. The second-order valence-electron chi connectivity index (χ2n) is 7.62. The number of nitrogens with zero attached hydrogens (tertiary/aromatic N) is 3. The van der Waals surface area contributed by atoms with Gasteiger partial charge in [-0.3, -0.25) is 0 Å². The van der Waals surface area contributed by atoms with Crippen LogP contribution in [0.2, 0.25) is 0 Å². The van der Waals surface area contributed by atoms with Gasteiger partial charge in [0.2, 0.25) is 10.8 Å². The molecule has 5 rings (SSSR count). The Balaban J connectivity index is 1.54. The van der Waals surface area contributed by atoms with Crippen molar-refractivity contribution in [3.05, 3.63) is 40.5 Å². The number of ether oxygens (including phenoxy) is 3. The van der Waals surface area contributed by atoms with Gasteiger partial charge in [-0.2, -0.15) is 4.52 Å². The number of hydrogen-bond donors (Lipinski definition) is 2. The van der Waals surface area contributed by atoms with Crippen LogP contribution in [0.3, 0.4) is 0 Å². The molecule has 4 heterocycles. The number of benzene rings is 1. The zero-order valence-corrected chi connectivity index (χ0v) is 17.4. The molecule has 3 aromatic rings. The fraction of sp³-hybridized carbons (Fsp3) is 0.500. The van der Waals surface area contributed by atoms with E-state index in [0.29, 0.717) is 24.0 Å². The maximum atomic E-state index is 11.0. The fourth-order valence-corrected chi connectivity index (χ4v) is 5.64. The normalized spacial score (nSPS) is 20.5. The molecule has 2 fully saturated rings. The highest BCUT2D eigenvalue weighted by atomic mass is 32.1. The summed E-state index contributed by atoms with van der Waals surface area (Å²) in [5.74, 6) is 1.20. The molecule has 0 amide bonds.